The largest absolute Gasteiger partial charge is 0.474 e. The Morgan fingerprint density at radius 1 is 1.15 bits per heavy atom. The molecule has 2 N–H and O–H groups in total. The Kier molecular flexibility index (Phi) is 8.16. The lowest BCUT2D eigenvalue weighted by molar-refractivity contribution is -0.0222. The van der Waals surface area contributed by atoms with E-state index < -0.39 is 13.2 Å². The number of hydrogen-bond donors (Lipinski definition) is 2. The zero-order valence-corrected chi connectivity index (χ0v) is 16.4. The maximum atomic E-state index is 12.3. The highest BCUT2D eigenvalue weighted by molar-refractivity contribution is 9.10. The Morgan fingerprint density at radius 2 is 1.65 bits per heavy atom. The van der Waals surface area contributed by atoms with Crippen LogP contribution in [-0.2, 0) is 18.1 Å². The predicted octanol–water partition coefficient (Wildman–Crippen LogP) is 2.30. The summed E-state index contributed by atoms with van der Waals surface area (Å²) in [5.41, 5.74) is -1.19. The molecule has 0 atom stereocenters. The molecule has 0 amide bonds. The van der Waals surface area contributed by atoms with Crippen molar-refractivity contribution in [2.75, 3.05) is 49.0 Å². The Hall–Kier alpha value is 1.47. The number of phosphoric acid groups is 1. The third-order valence-corrected chi connectivity index (χ3v) is 8.01. The second-order valence-corrected chi connectivity index (χ2v) is 8.34. The van der Waals surface area contributed by atoms with Crippen molar-refractivity contribution in [2.24, 2.45) is 10.8 Å². The summed E-state index contributed by atoms with van der Waals surface area (Å²) < 4.78 is 28.0. The van der Waals surface area contributed by atoms with Crippen molar-refractivity contribution in [2.45, 2.75) is 0 Å². The summed E-state index contributed by atoms with van der Waals surface area (Å²) in [5, 5.41) is 20.2. The van der Waals surface area contributed by atoms with Crippen molar-refractivity contribution < 1.29 is 28.3 Å². The normalized spacial score (nSPS) is 21.9. The van der Waals surface area contributed by atoms with E-state index in [9.17, 15) is 14.8 Å². The zero-order chi connectivity index (χ0) is 15.3. The van der Waals surface area contributed by atoms with E-state index in [2.05, 4.69) is 47.8 Å². The summed E-state index contributed by atoms with van der Waals surface area (Å²) in [6.45, 7) is -0.262. The van der Waals surface area contributed by atoms with Crippen molar-refractivity contribution in [1.29, 1.82) is 0 Å². The first kappa shape index (κ1) is 19.5. The molecule has 1 aliphatic heterocycles. The van der Waals surface area contributed by atoms with E-state index in [1.165, 1.54) is 0 Å². The standard InChI is InChI=1S/C10H18Br3O6P/c11-1-9(2-12)6-17-20(16,18-7-9)19-8-10(3-13,4-14)5-15/h14-15H,1-8H2. The monoisotopic (exact) mass is 502 g/mol. The van der Waals surface area contributed by atoms with Gasteiger partial charge < -0.3 is 10.2 Å². The molecule has 0 saturated carbocycles. The molecule has 1 fully saturated rings. The van der Waals surface area contributed by atoms with Gasteiger partial charge in [-0.05, 0) is 0 Å². The Morgan fingerprint density at radius 3 is 2.00 bits per heavy atom. The highest BCUT2D eigenvalue weighted by Gasteiger charge is 2.44. The van der Waals surface area contributed by atoms with Gasteiger partial charge in [0.25, 0.3) is 0 Å². The van der Waals surface area contributed by atoms with Crippen LogP contribution in [0.3, 0.4) is 0 Å². The fourth-order valence-corrected chi connectivity index (χ4v) is 4.87. The molecular formula is C10H18Br3O6P. The van der Waals surface area contributed by atoms with Gasteiger partial charge in [-0.1, -0.05) is 47.8 Å². The van der Waals surface area contributed by atoms with Crippen molar-refractivity contribution in [1.82, 2.24) is 0 Å². The van der Waals surface area contributed by atoms with Crippen LogP contribution in [0.15, 0.2) is 0 Å². The average Bonchev–Trinajstić information content (AvgIpc) is 2.51. The molecule has 0 aromatic heterocycles. The average molecular weight is 505 g/mol. The van der Waals surface area contributed by atoms with Gasteiger partial charge in [-0.25, -0.2) is 4.57 Å². The topological polar surface area (TPSA) is 85.2 Å². The summed E-state index contributed by atoms with van der Waals surface area (Å²) >= 11 is 9.95. The summed E-state index contributed by atoms with van der Waals surface area (Å²) in [4.78, 5) is 0. The van der Waals surface area contributed by atoms with Crippen molar-refractivity contribution in [3.63, 3.8) is 0 Å². The van der Waals surface area contributed by atoms with Crippen molar-refractivity contribution in [3.05, 3.63) is 0 Å². The molecule has 1 heterocycles. The molecule has 1 aliphatic rings. The van der Waals surface area contributed by atoms with Gasteiger partial charge in [0.1, 0.15) is 0 Å². The Labute approximate surface area is 143 Å². The summed E-state index contributed by atoms with van der Waals surface area (Å²) in [7, 11) is -3.64. The molecule has 10 heteroatoms. The number of alkyl halides is 3. The van der Waals surface area contributed by atoms with Crippen LogP contribution in [0.1, 0.15) is 0 Å². The molecule has 0 unspecified atom stereocenters. The van der Waals surface area contributed by atoms with E-state index in [0.29, 0.717) is 16.0 Å². The first-order valence-electron chi connectivity index (χ1n) is 5.86. The number of hydrogen-bond acceptors (Lipinski definition) is 6. The minimum atomic E-state index is -3.64. The van der Waals surface area contributed by atoms with Crippen LogP contribution < -0.4 is 0 Å². The molecule has 1 rings (SSSR count). The molecule has 0 radical (unpaired) electrons. The zero-order valence-electron chi connectivity index (χ0n) is 10.8. The van der Waals surface area contributed by atoms with Crippen LogP contribution in [0, 0.1) is 10.8 Å². The number of aliphatic hydroxyl groups is 2. The molecule has 0 spiro atoms. The number of aliphatic hydroxyl groups excluding tert-OH is 2. The highest BCUT2D eigenvalue weighted by Crippen LogP contribution is 2.56. The van der Waals surface area contributed by atoms with E-state index in [0.717, 1.165) is 0 Å². The molecule has 0 aliphatic carbocycles. The van der Waals surface area contributed by atoms with Gasteiger partial charge >= 0.3 is 7.82 Å². The lowest BCUT2D eigenvalue weighted by Gasteiger charge is -2.37. The quantitative estimate of drug-likeness (QED) is 0.390. The van der Waals surface area contributed by atoms with Crippen LogP contribution in [0.2, 0.25) is 0 Å². The van der Waals surface area contributed by atoms with Crippen molar-refractivity contribution >= 4 is 55.6 Å². The van der Waals surface area contributed by atoms with Crippen LogP contribution in [0.25, 0.3) is 0 Å². The molecule has 0 bridgehead atoms. The van der Waals surface area contributed by atoms with Crippen molar-refractivity contribution in [3.8, 4) is 0 Å². The Bertz CT molecular complexity index is 326. The fourth-order valence-electron chi connectivity index (χ4n) is 1.26. The van der Waals surface area contributed by atoms with Gasteiger partial charge in [0.05, 0.1) is 38.4 Å². The van der Waals surface area contributed by atoms with E-state index >= 15 is 0 Å². The lowest BCUT2D eigenvalue weighted by atomic mass is 9.95. The van der Waals surface area contributed by atoms with Gasteiger partial charge in [0.2, 0.25) is 0 Å². The van der Waals surface area contributed by atoms with E-state index in [-0.39, 0.29) is 38.4 Å². The van der Waals surface area contributed by atoms with Crippen LogP contribution in [0.4, 0.5) is 0 Å². The van der Waals surface area contributed by atoms with Gasteiger partial charge in [-0.3, -0.25) is 13.6 Å². The van der Waals surface area contributed by atoms with E-state index in [1.54, 1.807) is 0 Å². The molecule has 6 nitrogen and oxygen atoms in total. The minimum absolute atomic E-state index is 0.127. The Balaban J connectivity index is 2.59. The number of phosphoric ester groups is 1. The number of rotatable bonds is 8. The van der Waals surface area contributed by atoms with Crippen LogP contribution >= 0.6 is 55.6 Å². The molecule has 0 aromatic carbocycles. The predicted molar refractivity (Wildman–Crippen MR) is 85.9 cm³/mol. The maximum absolute atomic E-state index is 12.3. The van der Waals surface area contributed by atoms with Gasteiger partial charge in [0, 0.05) is 21.4 Å². The second kappa shape index (κ2) is 8.36. The first-order valence-corrected chi connectivity index (χ1v) is 10.7. The molecule has 20 heavy (non-hydrogen) atoms. The van der Waals surface area contributed by atoms with Gasteiger partial charge in [0.15, 0.2) is 0 Å². The smallest absolute Gasteiger partial charge is 0.396 e. The number of halogens is 3. The molecule has 120 valence electrons. The molecular weight excluding hydrogens is 487 g/mol. The van der Waals surface area contributed by atoms with E-state index in [1.807, 2.05) is 0 Å². The second-order valence-electron chi connectivity index (χ2n) is 4.98. The third-order valence-electron chi connectivity index (χ3n) is 3.11. The van der Waals surface area contributed by atoms with Gasteiger partial charge in [-0.2, -0.15) is 0 Å². The van der Waals surface area contributed by atoms with E-state index in [4.69, 9.17) is 13.6 Å². The lowest BCUT2D eigenvalue weighted by Crippen LogP contribution is -2.40. The SMILES string of the molecule is O=P1(OCC(CO)(CO)CBr)OCC(CBr)(CBr)CO1. The third kappa shape index (κ3) is 4.73. The fraction of sp³-hybridized carbons (Fsp3) is 1.00. The summed E-state index contributed by atoms with van der Waals surface area (Å²) in [5.74, 6) is 0. The first-order chi connectivity index (χ1) is 9.42. The molecule has 0 aromatic rings. The summed E-state index contributed by atoms with van der Waals surface area (Å²) in [6.07, 6.45) is 0. The van der Waals surface area contributed by atoms with Crippen LogP contribution in [-0.4, -0.2) is 59.2 Å². The maximum Gasteiger partial charge on any atom is 0.474 e. The van der Waals surface area contributed by atoms with Crippen LogP contribution in [0.5, 0.6) is 0 Å². The minimum Gasteiger partial charge on any atom is -0.396 e. The van der Waals surface area contributed by atoms with Gasteiger partial charge in [-0.15, -0.1) is 0 Å². The highest BCUT2D eigenvalue weighted by atomic mass is 79.9. The molecule has 1 saturated heterocycles. The summed E-state index contributed by atoms with van der Waals surface area (Å²) in [6, 6.07) is 0.